The molecule has 2 aromatic rings. The zero-order valence-electron chi connectivity index (χ0n) is 13.1. The van der Waals surface area contributed by atoms with Crippen molar-refractivity contribution < 1.29 is 18.7 Å². The van der Waals surface area contributed by atoms with Crippen molar-refractivity contribution in [2.24, 2.45) is 0 Å². The lowest BCUT2D eigenvalue weighted by molar-refractivity contribution is -0.143. The van der Waals surface area contributed by atoms with Crippen molar-refractivity contribution in [2.75, 3.05) is 26.9 Å². The molecule has 1 aliphatic heterocycles. The van der Waals surface area contributed by atoms with Gasteiger partial charge in [-0.3, -0.25) is 9.69 Å². The van der Waals surface area contributed by atoms with Gasteiger partial charge in [-0.15, -0.1) is 11.3 Å². The minimum atomic E-state index is -0.215. The number of hydrogen-bond donors (Lipinski definition) is 0. The van der Waals surface area contributed by atoms with E-state index < -0.39 is 0 Å². The molecule has 0 bridgehead atoms. The average Bonchev–Trinajstić information content (AvgIpc) is 3.26. The van der Waals surface area contributed by atoms with Gasteiger partial charge < -0.3 is 13.9 Å². The number of methoxy groups -OCH3 is 1. The molecule has 6 nitrogen and oxygen atoms in total. The fraction of sp³-hybridized carbons (Fsp3) is 0.500. The van der Waals surface area contributed by atoms with Crippen LogP contribution in [0.1, 0.15) is 17.7 Å². The quantitative estimate of drug-likeness (QED) is 0.756. The van der Waals surface area contributed by atoms with E-state index in [-0.39, 0.29) is 12.5 Å². The lowest BCUT2D eigenvalue weighted by Crippen LogP contribution is -2.42. The molecule has 1 saturated heterocycles. The van der Waals surface area contributed by atoms with Crippen molar-refractivity contribution in [1.29, 1.82) is 0 Å². The van der Waals surface area contributed by atoms with Gasteiger partial charge in [-0.2, -0.15) is 0 Å². The summed E-state index contributed by atoms with van der Waals surface area (Å²) in [6.45, 7) is 2.44. The third-order valence-electron chi connectivity index (χ3n) is 3.91. The molecule has 0 amide bonds. The van der Waals surface area contributed by atoms with Crippen LogP contribution in [0.25, 0.3) is 10.8 Å². The molecule has 0 saturated carbocycles. The molecule has 0 aliphatic carbocycles. The van der Waals surface area contributed by atoms with Crippen molar-refractivity contribution in [3.63, 3.8) is 0 Å². The molecule has 3 rings (SSSR count). The van der Waals surface area contributed by atoms with Gasteiger partial charge in [-0.05, 0) is 25.0 Å². The Hall–Kier alpha value is -1.70. The van der Waals surface area contributed by atoms with Crippen molar-refractivity contribution in [3.8, 4) is 10.8 Å². The number of nitrogens with zero attached hydrogens (tertiary/aromatic N) is 2. The Balaban J connectivity index is 1.70. The largest absolute Gasteiger partial charge is 0.468 e. The SMILES string of the molecule is COC(=O)CN(Cc1cnc(-c2ccco2)s1)C1CCOCC1. The summed E-state index contributed by atoms with van der Waals surface area (Å²) in [7, 11) is 1.42. The molecule has 0 radical (unpaired) electrons. The van der Waals surface area contributed by atoms with Crippen LogP contribution in [0.15, 0.2) is 29.0 Å². The molecule has 1 aliphatic rings. The number of furan rings is 1. The van der Waals surface area contributed by atoms with E-state index in [0.29, 0.717) is 12.6 Å². The molecule has 0 spiro atoms. The van der Waals surface area contributed by atoms with Crippen LogP contribution in [0.5, 0.6) is 0 Å². The molecule has 0 atom stereocenters. The summed E-state index contributed by atoms with van der Waals surface area (Å²) in [5.41, 5.74) is 0. The van der Waals surface area contributed by atoms with Gasteiger partial charge in [-0.25, -0.2) is 4.98 Å². The first-order chi connectivity index (χ1) is 11.3. The summed E-state index contributed by atoms with van der Waals surface area (Å²) < 4.78 is 15.6. The van der Waals surface area contributed by atoms with Gasteiger partial charge in [0.25, 0.3) is 0 Å². The molecule has 0 N–H and O–H groups in total. The third kappa shape index (κ3) is 4.19. The van der Waals surface area contributed by atoms with Crippen LogP contribution >= 0.6 is 11.3 Å². The number of thiazole rings is 1. The predicted molar refractivity (Wildman–Crippen MR) is 86.1 cm³/mol. The smallest absolute Gasteiger partial charge is 0.319 e. The van der Waals surface area contributed by atoms with E-state index in [0.717, 1.165) is 41.7 Å². The van der Waals surface area contributed by atoms with E-state index in [9.17, 15) is 4.79 Å². The fourth-order valence-corrected chi connectivity index (χ4v) is 3.60. The normalized spacial score (nSPS) is 15.9. The minimum Gasteiger partial charge on any atom is -0.468 e. The van der Waals surface area contributed by atoms with Crippen molar-refractivity contribution >= 4 is 17.3 Å². The molecule has 2 aromatic heterocycles. The second-order valence-corrected chi connectivity index (χ2v) is 6.55. The molecular formula is C16H20N2O4S. The summed E-state index contributed by atoms with van der Waals surface area (Å²) in [4.78, 5) is 19.4. The van der Waals surface area contributed by atoms with E-state index in [4.69, 9.17) is 13.9 Å². The molecule has 0 unspecified atom stereocenters. The van der Waals surface area contributed by atoms with E-state index >= 15 is 0 Å². The highest BCUT2D eigenvalue weighted by molar-refractivity contribution is 7.14. The second kappa shape index (κ2) is 7.72. The van der Waals surface area contributed by atoms with Crippen LogP contribution in [0.3, 0.4) is 0 Å². The number of hydrogen-bond acceptors (Lipinski definition) is 7. The van der Waals surface area contributed by atoms with E-state index in [1.54, 1.807) is 17.6 Å². The first kappa shape index (κ1) is 16.2. The van der Waals surface area contributed by atoms with Crippen LogP contribution in [0.2, 0.25) is 0 Å². The number of esters is 1. The first-order valence-electron chi connectivity index (χ1n) is 7.63. The van der Waals surface area contributed by atoms with Gasteiger partial charge in [0.1, 0.15) is 0 Å². The van der Waals surface area contributed by atoms with E-state index in [1.807, 2.05) is 18.3 Å². The Morgan fingerprint density at radius 1 is 1.48 bits per heavy atom. The molecule has 7 heteroatoms. The number of ether oxygens (including phenoxy) is 2. The summed E-state index contributed by atoms with van der Waals surface area (Å²) in [5, 5.41) is 0.856. The van der Waals surface area contributed by atoms with Gasteiger partial charge in [0.05, 0.1) is 19.9 Å². The predicted octanol–water partition coefficient (Wildman–Crippen LogP) is 2.56. The highest BCUT2D eigenvalue weighted by Gasteiger charge is 2.24. The van der Waals surface area contributed by atoms with Gasteiger partial charge in [0.15, 0.2) is 10.8 Å². The standard InChI is InChI=1S/C16H20N2O4S/c1-20-15(19)11-18(12-4-7-21-8-5-12)10-13-9-17-16(23-13)14-3-2-6-22-14/h2-3,6,9,12H,4-5,7-8,10-11H2,1H3. The number of carbonyl (C=O) groups excluding carboxylic acids is 1. The Labute approximate surface area is 139 Å². The summed E-state index contributed by atoms with van der Waals surface area (Å²) >= 11 is 1.59. The lowest BCUT2D eigenvalue weighted by atomic mass is 10.1. The summed E-state index contributed by atoms with van der Waals surface area (Å²) in [6.07, 6.45) is 5.36. The third-order valence-corrected chi connectivity index (χ3v) is 4.91. The topological polar surface area (TPSA) is 64.8 Å². The van der Waals surface area contributed by atoms with Crippen LogP contribution in [-0.2, 0) is 20.8 Å². The van der Waals surface area contributed by atoms with Crippen LogP contribution in [0.4, 0.5) is 0 Å². The molecule has 124 valence electrons. The zero-order chi connectivity index (χ0) is 16.1. The minimum absolute atomic E-state index is 0.215. The number of aromatic nitrogens is 1. The maximum Gasteiger partial charge on any atom is 0.319 e. The highest BCUT2D eigenvalue weighted by atomic mass is 32.1. The van der Waals surface area contributed by atoms with Crippen LogP contribution in [0, 0.1) is 0 Å². The Bertz CT molecular complexity index is 620. The Morgan fingerprint density at radius 2 is 2.30 bits per heavy atom. The Morgan fingerprint density at radius 3 is 3.00 bits per heavy atom. The van der Waals surface area contributed by atoms with E-state index in [1.165, 1.54) is 7.11 Å². The molecule has 3 heterocycles. The van der Waals surface area contributed by atoms with Crippen LogP contribution in [-0.4, -0.2) is 48.8 Å². The summed E-state index contributed by atoms with van der Waals surface area (Å²) in [6, 6.07) is 4.08. The second-order valence-electron chi connectivity index (χ2n) is 5.43. The molecule has 1 fully saturated rings. The van der Waals surface area contributed by atoms with E-state index in [2.05, 4.69) is 9.88 Å². The van der Waals surface area contributed by atoms with Crippen LogP contribution < -0.4 is 0 Å². The Kier molecular flexibility index (Phi) is 5.43. The van der Waals surface area contributed by atoms with Crippen molar-refractivity contribution in [3.05, 3.63) is 29.5 Å². The monoisotopic (exact) mass is 336 g/mol. The maximum absolute atomic E-state index is 11.7. The van der Waals surface area contributed by atoms with Gasteiger partial charge in [0, 0.05) is 36.9 Å². The molecule has 0 aromatic carbocycles. The first-order valence-corrected chi connectivity index (χ1v) is 8.45. The lowest BCUT2D eigenvalue weighted by Gasteiger charge is -2.33. The maximum atomic E-state index is 11.7. The fourth-order valence-electron chi connectivity index (χ4n) is 2.69. The van der Waals surface area contributed by atoms with Gasteiger partial charge in [-0.1, -0.05) is 0 Å². The molecular weight excluding hydrogens is 316 g/mol. The zero-order valence-corrected chi connectivity index (χ0v) is 13.9. The van der Waals surface area contributed by atoms with Gasteiger partial charge >= 0.3 is 5.97 Å². The average molecular weight is 336 g/mol. The number of carbonyl (C=O) groups is 1. The summed E-state index contributed by atoms with van der Waals surface area (Å²) in [5.74, 6) is 0.555. The highest BCUT2D eigenvalue weighted by Crippen LogP contribution is 2.27. The van der Waals surface area contributed by atoms with Crippen molar-refractivity contribution in [1.82, 2.24) is 9.88 Å². The molecule has 23 heavy (non-hydrogen) atoms. The van der Waals surface area contributed by atoms with Gasteiger partial charge in [0.2, 0.25) is 0 Å². The van der Waals surface area contributed by atoms with Crippen molar-refractivity contribution in [2.45, 2.75) is 25.4 Å². The number of rotatable bonds is 6.